The maximum absolute atomic E-state index is 3.83. The monoisotopic (exact) mass is 1370 g/mol. The predicted octanol–water partition coefficient (Wildman–Crippen LogP) is 12.5. The van der Waals surface area contributed by atoms with Gasteiger partial charge < -0.3 is 0 Å². The van der Waals surface area contributed by atoms with Crippen molar-refractivity contribution >= 4 is 255 Å². The van der Waals surface area contributed by atoms with Crippen LogP contribution in [0.4, 0.5) is 0 Å². The number of alkyl halides is 16. The van der Waals surface area contributed by atoms with Crippen molar-refractivity contribution in [1.82, 2.24) is 0 Å². The molecule has 0 fully saturated rings. The molecule has 0 rings (SSSR count). The maximum atomic E-state index is 3.83. The molecule has 0 saturated carbocycles. The number of hydrogen-bond acceptors (Lipinski definition) is 0. The second-order valence-electron chi connectivity index (χ2n) is 4.68. The average Bonchev–Trinajstić information content (AvgIpc) is 2.35. The zero-order valence-electron chi connectivity index (χ0n) is 11.1. The Hall–Kier alpha value is 7.68. The molecule has 0 aromatic carbocycles. The molecule has 152 valence electrons. The molecule has 0 unspecified atom stereocenters. The maximum Gasteiger partial charge on any atom is 0.135 e. The van der Waals surface area contributed by atoms with Gasteiger partial charge in [-0.05, 0) is 6.92 Å². The molecule has 0 aliphatic carbocycles. The van der Waals surface area contributed by atoms with Crippen LogP contribution in [0.25, 0.3) is 0 Å². The summed E-state index contributed by atoms with van der Waals surface area (Å²) in [7, 11) is 0. The summed E-state index contributed by atoms with van der Waals surface area (Å²) in [5, 5.41) is 0. The van der Waals surface area contributed by atoms with E-state index in [0.29, 0.717) is 0 Å². The van der Waals surface area contributed by atoms with E-state index in [1.807, 2.05) is 6.92 Å². The average molecular weight is 1390 g/mol. The predicted molar refractivity (Wildman–Crippen MR) is 171 cm³/mol. The molecule has 0 aliphatic heterocycles. The quantitative estimate of drug-likeness (QED) is 0.223. The molecule has 0 atom stereocenters. The van der Waals surface area contributed by atoms with Crippen LogP contribution in [0.3, 0.4) is 0 Å². The van der Waals surface area contributed by atoms with Crippen LogP contribution in [0.5, 0.6) is 0 Å². The van der Waals surface area contributed by atoms with Gasteiger partial charge in [0.05, 0.1) is 3.74 Å². The van der Waals surface area contributed by atoms with E-state index < -0.39 is 22.6 Å². The van der Waals surface area contributed by atoms with Gasteiger partial charge in [-0.15, -0.1) is 0 Å². The van der Waals surface area contributed by atoms with Gasteiger partial charge in [-0.25, -0.2) is 0 Å². The zero-order chi connectivity index (χ0) is 21.1. The summed E-state index contributed by atoms with van der Waals surface area (Å²) < 4.78 is -5.64. The van der Waals surface area contributed by atoms with Gasteiger partial charge in [0, 0.05) is 0 Å². The summed E-state index contributed by atoms with van der Waals surface area (Å²) in [6, 6.07) is 0. The molecule has 0 aromatic heterocycles. The summed E-state index contributed by atoms with van der Waals surface area (Å²) in [5.74, 6) is 0. The van der Waals surface area contributed by atoms with E-state index in [1.54, 1.807) is 0 Å². The van der Waals surface area contributed by atoms with E-state index >= 15 is 0 Å². The summed E-state index contributed by atoms with van der Waals surface area (Å²) in [6.07, 6.45) is 0. The highest BCUT2D eigenvalue weighted by Crippen LogP contribution is 2.76. The summed E-state index contributed by atoms with van der Waals surface area (Å²) >= 11 is 59.8. The Bertz CT molecular complexity index is 482. The molecule has 0 aromatic rings. The fraction of sp³-hybridized carbons (Fsp3) is 1.00. The van der Waals surface area contributed by atoms with E-state index in [-0.39, 0.29) is 3.74 Å². The van der Waals surface area contributed by atoms with E-state index in [1.165, 1.54) is 0 Å². The van der Waals surface area contributed by atoms with Gasteiger partial charge in [0.2, 0.25) is 0 Å². The van der Waals surface area contributed by atoms with Gasteiger partial charge in [-0.2, -0.15) is 0 Å². The molecule has 0 nitrogen and oxygen atoms in total. The van der Waals surface area contributed by atoms with Crippen LogP contribution in [0.2, 0.25) is 0 Å². The molecular weight excluding hydrogens is 1390 g/mol. The van der Waals surface area contributed by atoms with Gasteiger partial charge in [0.15, 0.2) is 0 Å². The standard InChI is InChI=1S/C9H4Br16/c1-3(12,13)5(16,17)7(20,21)9(24,25)8(22,23)6(18,19)4(14,15)2(10)11/h2H,1H3. The highest BCUT2D eigenvalue weighted by Gasteiger charge is 2.75. The van der Waals surface area contributed by atoms with Gasteiger partial charge in [-0.1, -0.05) is 255 Å². The van der Waals surface area contributed by atoms with Crippen LogP contribution in [-0.2, 0) is 0 Å². The van der Waals surface area contributed by atoms with Crippen LogP contribution in [0, 0.1) is 0 Å². The van der Waals surface area contributed by atoms with E-state index in [4.69, 9.17) is 0 Å². The van der Waals surface area contributed by atoms with E-state index in [9.17, 15) is 0 Å². The summed E-state index contributed by atoms with van der Waals surface area (Å²) in [5.41, 5.74) is 0. The zero-order valence-corrected chi connectivity index (χ0v) is 36.5. The van der Waals surface area contributed by atoms with Crippen molar-refractivity contribution in [3.8, 4) is 0 Å². The fourth-order valence-electron chi connectivity index (χ4n) is 1.21. The lowest BCUT2D eigenvalue weighted by molar-refractivity contribution is 0.591. The van der Waals surface area contributed by atoms with E-state index in [2.05, 4.69) is 255 Å². The summed E-state index contributed by atoms with van der Waals surface area (Å²) in [4.78, 5) is 0. The Balaban J connectivity index is 6.50. The third-order valence-corrected chi connectivity index (χ3v) is 35.1. The number of hydrogen-bond donors (Lipinski definition) is 0. The summed E-state index contributed by atoms with van der Waals surface area (Å²) in [6.45, 7) is 1.95. The van der Waals surface area contributed by atoms with Crippen LogP contribution in [0.15, 0.2) is 0 Å². The van der Waals surface area contributed by atoms with Crippen LogP contribution >= 0.6 is 255 Å². The van der Waals surface area contributed by atoms with Crippen LogP contribution in [0.1, 0.15) is 6.92 Å². The minimum atomic E-state index is -0.898. The van der Waals surface area contributed by atoms with Crippen molar-refractivity contribution in [2.24, 2.45) is 0 Å². The Morgan fingerprint density at radius 3 is 0.920 bits per heavy atom. The molecule has 0 radical (unpaired) electrons. The third kappa shape index (κ3) is 6.09. The molecule has 0 N–H and O–H groups in total. The van der Waals surface area contributed by atoms with Crippen molar-refractivity contribution in [3.63, 3.8) is 0 Å². The first-order valence-corrected chi connectivity index (χ1v) is 18.3. The SMILES string of the molecule is CC(Br)(Br)C(Br)(Br)C(Br)(Br)C(Br)(Br)C(Br)(Br)C(Br)(Br)C(Br)(Br)C(Br)Br. The second-order valence-corrected chi connectivity index (χ2v) is 32.8. The Morgan fingerprint density at radius 1 is 0.440 bits per heavy atom. The van der Waals surface area contributed by atoms with Crippen LogP contribution < -0.4 is 0 Å². The van der Waals surface area contributed by atoms with Crippen LogP contribution in [-0.4, -0.2) is 26.4 Å². The molecule has 16 heteroatoms. The van der Waals surface area contributed by atoms with Gasteiger partial charge in [0.1, 0.15) is 22.6 Å². The molecule has 25 heavy (non-hydrogen) atoms. The van der Waals surface area contributed by atoms with Crippen molar-refractivity contribution in [1.29, 1.82) is 0 Å². The van der Waals surface area contributed by atoms with Crippen molar-refractivity contribution in [3.05, 3.63) is 0 Å². The molecule has 0 saturated heterocycles. The van der Waals surface area contributed by atoms with E-state index in [0.717, 1.165) is 0 Å². The van der Waals surface area contributed by atoms with Gasteiger partial charge in [-0.3, -0.25) is 0 Å². The molecule has 0 bridgehead atoms. The highest BCUT2D eigenvalue weighted by molar-refractivity contribution is 9.37. The molecular formula is C9H4Br16. The smallest absolute Gasteiger partial charge is 0.0739 e. The first-order valence-electron chi connectivity index (χ1n) is 5.37. The first-order chi connectivity index (χ1) is 10.4. The molecule has 0 spiro atoms. The Morgan fingerprint density at radius 2 is 0.680 bits per heavy atom. The lowest BCUT2D eigenvalue weighted by Gasteiger charge is -2.56. The first kappa shape index (κ1) is 32.7. The van der Waals surface area contributed by atoms with Crippen molar-refractivity contribution in [2.45, 2.75) is 33.3 Å². The third-order valence-electron chi connectivity index (χ3n) is 2.82. The number of rotatable bonds is 7. The molecule has 0 amide bonds. The minimum Gasteiger partial charge on any atom is -0.0739 e. The van der Waals surface area contributed by atoms with Gasteiger partial charge in [0.25, 0.3) is 0 Å². The second kappa shape index (κ2) is 10.7. The van der Waals surface area contributed by atoms with Crippen molar-refractivity contribution < 1.29 is 0 Å². The van der Waals surface area contributed by atoms with Crippen molar-refractivity contribution in [2.75, 3.05) is 0 Å². The highest BCUT2D eigenvalue weighted by atomic mass is 79.9. The Kier molecular flexibility index (Phi) is 14.0. The topological polar surface area (TPSA) is 0 Å². The lowest BCUT2D eigenvalue weighted by Crippen LogP contribution is -2.67. The molecule has 0 aliphatic rings. The lowest BCUT2D eigenvalue weighted by atomic mass is 10.1. The molecule has 0 heterocycles. The largest absolute Gasteiger partial charge is 0.135 e. The Labute approximate surface area is 282 Å². The number of halogens is 16. The fourth-order valence-corrected chi connectivity index (χ4v) is 15.1. The normalized spacial score (nSPS) is 16.6. The van der Waals surface area contributed by atoms with Gasteiger partial charge >= 0.3 is 0 Å². The minimum absolute atomic E-state index is 0.160.